The highest BCUT2D eigenvalue weighted by molar-refractivity contribution is 5.69. The molecule has 3 nitrogen and oxygen atoms in total. The van der Waals surface area contributed by atoms with E-state index in [2.05, 4.69) is 25.3 Å². The number of unbranched alkanes of at least 4 members (excludes halogenated alkanes) is 3. The van der Waals surface area contributed by atoms with E-state index in [4.69, 9.17) is 5.11 Å². The van der Waals surface area contributed by atoms with Crippen molar-refractivity contribution >= 4 is 5.97 Å². The van der Waals surface area contributed by atoms with Crippen LogP contribution in [0.2, 0.25) is 0 Å². The molecular formula is C13H25NO2. The van der Waals surface area contributed by atoms with E-state index in [1.165, 1.54) is 0 Å². The normalized spacial score (nSPS) is 12.7. The third-order valence-electron chi connectivity index (χ3n) is 2.91. The third-order valence-corrected chi connectivity index (χ3v) is 2.91. The van der Waals surface area contributed by atoms with Gasteiger partial charge in [-0.25, -0.2) is 0 Å². The predicted molar refractivity (Wildman–Crippen MR) is 67.6 cm³/mol. The van der Waals surface area contributed by atoms with Crippen molar-refractivity contribution in [2.75, 3.05) is 13.1 Å². The Morgan fingerprint density at radius 3 is 2.62 bits per heavy atom. The number of rotatable bonds is 10. The minimum Gasteiger partial charge on any atom is -0.480 e. The summed E-state index contributed by atoms with van der Waals surface area (Å²) in [7, 11) is 0. The van der Waals surface area contributed by atoms with Crippen LogP contribution in [-0.2, 0) is 4.79 Å². The van der Waals surface area contributed by atoms with E-state index < -0.39 is 5.97 Å². The summed E-state index contributed by atoms with van der Waals surface area (Å²) < 4.78 is 0. The first-order chi connectivity index (χ1) is 7.61. The standard InChI is InChI=1S/C13H25NO2/c1-4-6-7-8-9-10-14(11-13(15)16)12(3)5-2/h4,12H,1,5-11H2,2-3H3,(H,15,16). The average molecular weight is 227 g/mol. The molecule has 1 N–H and O–H groups in total. The lowest BCUT2D eigenvalue weighted by molar-refractivity contribution is -0.138. The van der Waals surface area contributed by atoms with Crippen molar-refractivity contribution in [2.45, 2.75) is 52.0 Å². The lowest BCUT2D eigenvalue weighted by atomic mass is 10.1. The maximum absolute atomic E-state index is 10.7. The van der Waals surface area contributed by atoms with Crippen molar-refractivity contribution in [1.82, 2.24) is 4.90 Å². The number of hydrogen-bond donors (Lipinski definition) is 1. The van der Waals surface area contributed by atoms with E-state index in [1.807, 2.05) is 6.08 Å². The molecule has 0 aromatic heterocycles. The SMILES string of the molecule is C=CCCCCCN(CC(=O)O)C(C)CC. The van der Waals surface area contributed by atoms with Crippen molar-refractivity contribution in [3.8, 4) is 0 Å². The number of allylic oxidation sites excluding steroid dienone is 1. The summed E-state index contributed by atoms with van der Waals surface area (Å²) in [6.07, 6.45) is 7.38. The Kier molecular flexibility index (Phi) is 8.91. The quantitative estimate of drug-likeness (QED) is 0.461. The van der Waals surface area contributed by atoms with Gasteiger partial charge >= 0.3 is 5.97 Å². The Labute approximate surface area is 99.1 Å². The van der Waals surface area contributed by atoms with E-state index in [1.54, 1.807) is 0 Å². The van der Waals surface area contributed by atoms with Crippen molar-refractivity contribution < 1.29 is 9.90 Å². The minimum absolute atomic E-state index is 0.163. The van der Waals surface area contributed by atoms with Crippen LogP contribution in [0.1, 0.15) is 46.0 Å². The highest BCUT2D eigenvalue weighted by Gasteiger charge is 2.14. The monoisotopic (exact) mass is 227 g/mol. The summed E-state index contributed by atoms with van der Waals surface area (Å²) in [5, 5.41) is 8.81. The molecule has 94 valence electrons. The number of aliphatic carboxylic acids is 1. The molecule has 0 rings (SSSR count). The summed E-state index contributed by atoms with van der Waals surface area (Å²) in [5.74, 6) is -0.730. The molecule has 0 saturated carbocycles. The molecule has 0 bridgehead atoms. The molecular weight excluding hydrogens is 202 g/mol. The second-order valence-electron chi connectivity index (χ2n) is 4.26. The molecule has 1 unspecified atom stereocenters. The van der Waals surface area contributed by atoms with Crippen LogP contribution in [0, 0.1) is 0 Å². The van der Waals surface area contributed by atoms with Gasteiger partial charge in [-0.05, 0) is 39.2 Å². The molecule has 0 aliphatic rings. The van der Waals surface area contributed by atoms with Crippen molar-refractivity contribution in [1.29, 1.82) is 0 Å². The van der Waals surface area contributed by atoms with Gasteiger partial charge in [-0.1, -0.05) is 19.4 Å². The molecule has 0 saturated heterocycles. The van der Waals surface area contributed by atoms with Crippen molar-refractivity contribution in [2.24, 2.45) is 0 Å². The minimum atomic E-state index is -0.730. The van der Waals surface area contributed by atoms with Crippen LogP contribution in [0.15, 0.2) is 12.7 Å². The van der Waals surface area contributed by atoms with E-state index in [0.717, 1.165) is 38.6 Å². The topological polar surface area (TPSA) is 40.5 Å². The fourth-order valence-electron chi connectivity index (χ4n) is 1.67. The summed E-state index contributed by atoms with van der Waals surface area (Å²) in [5.41, 5.74) is 0. The molecule has 0 aromatic rings. The molecule has 3 heteroatoms. The van der Waals surface area contributed by atoms with Crippen LogP contribution >= 0.6 is 0 Å². The molecule has 0 aliphatic carbocycles. The van der Waals surface area contributed by atoms with Gasteiger partial charge in [0.05, 0.1) is 6.54 Å². The maximum Gasteiger partial charge on any atom is 0.317 e. The molecule has 1 atom stereocenters. The maximum atomic E-state index is 10.7. The molecule has 0 aromatic carbocycles. The zero-order valence-electron chi connectivity index (χ0n) is 10.6. The molecule has 0 fully saturated rings. The van der Waals surface area contributed by atoms with Gasteiger partial charge in [0.15, 0.2) is 0 Å². The first kappa shape index (κ1) is 15.2. The Morgan fingerprint density at radius 2 is 2.12 bits per heavy atom. The van der Waals surface area contributed by atoms with Gasteiger partial charge < -0.3 is 5.11 Å². The van der Waals surface area contributed by atoms with Gasteiger partial charge in [-0.2, -0.15) is 0 Å². The summed E-state index contributed by atoms with van der Waals surface area (Å²) >= 11 is 0. The highest BCUT2D eigenvalue weighted by Crippen LogP contribution is 2.07. The number of carboxylic acids is 1. The van der Waals surface area contributed by atoms with Crippen LogP contribution in [0.25, 0.3) is 0 Å². The first-order valence-corrected chi connectivity index (χ1v) is 6.18. The number of carboxylic acid groups (broad SMARTS) is 1. The molecule has 16 heavy (non-hydrogen) atoms. The largest absolute Gasteiger partial charge is 0.480 e. The van der Waals surface area contributed by atoms with Crippen molar-refractivity contribution in [3.05, 3.63) is 12.7 Å². The first-order valence-electron chi connectivity index (χ1n) is 6.18. The van der Waals surface area contributed by atoms with Crippen molar-refractivity contribution in [3.63, 3.8) is 0 Å². The van der Waals surface area contributed by atoms with Gasteiger partial charge in [-0.15, -0.1) is 6.58 Å². The fourth-order valence-corrected chi connectivity index (χ4v) is 1.67. The van der Waals surface area contributed by atoms with E-state index in [9.17, 15) is 4.79 Å². The molecule has 0 radical (unpaired) electrons. The lowest BCUT2D eigenvalue weighted by Gasteiger charge is -2.26. The number of hydrogen-bond acceptors (Lipinski definition) is 2. The Balaban J connectivity index is 3.82. The number of nitrogens with zero attached hydrogens (tertiary/aromatic N) is 1. The van der Waals surface area contributed by atoms with Gasteiger partial charge in [0.25, 0.3) is 0 Å². The van der Waals surface area contributed by atoms with Crippen LogP contribution in [0.5, 0.6) is 0 Å². The molecule has 0 spiro atoms. The fraction of sp³-hybridized carbons (Fsp3) is 0.769. The molecule has 0 heterocycles. The Morgan fingerprint density at radius 1 is 1.44 bits per heavy atom. The second kappa shape index (κ2) is 9.40. The van der Waals surface area contributed by atoms with Gasteiger partial charge in [0, 0.05) is 6.04 Å². The van der Waals surface area contributed by atoms with Crippen LogP contribution in [0.4, 0.5) is 0 Å². The van der Waals surface area contributed by atoms with Gasteiger partial charge in [-0.3, -0.25) is 9.69 Å². The molecule has 0 amide bonds. The second-order valence-corrected chi connectivity index (χ2v) is 4.26. The van der Waals surface area contributed by atoms with Crippen LogP contribution < -0.4 is 0 Å². The Hall–Kier alpha value is -0.830. The zero-order valence-corrected chi connectivity index (χ0v) is 10.6. The van der Waals surface area contributed by atoms with Gasteiger partial charge in [0.1, 0.15) is 0 Å². The third kappa shape index (κ3) is 7.46. The lowest BCUT2D eigenvalue weighted by Crippen LogP contribution is -2.37. The van der Waals surface area contributed by atoms with E-state index >= 15 is 0 Å². The smallest absolute Gasteiger partial charge is 0.317 e. The van der Waals surface area contributed by atoms with E-state index in [0.29, 0.717) is 6.04 Å². The van der Waals surface area contributed by atoms with Crippen LogP contribution in [0.3, 0.4) is 0 Å². The predicted octanol–water partition coefficient (Wildman–Crippen LogP) is 2.92. The Bertz CT molecular complexity index is 204. The summed E-state index contributed by atoms with van der Waals surface area (Å²) in [6, 6.07) is 0.357. The summed E-state index contributed by atoms with van der Waals surface area (Å²) in [6.45, 7) is 8.92. The average Bonchev–Trinajstić information content (AvgIpc) is 2.25. The highest BCUT2D eigenvalue weighted by atomic mass is 16.4. The van der Waals surface area contributed by atoms with E-state index in [-0.39, 0.29) is 6.54 Å². The van der Waals surface area contributed by atoms with Crippen LogP contribution in [-0.4, -0.2) is 35.1 Å². The zero-order chi connectivity index (χ0) is 12.4. The summed E-state index contributed by atoms with van der Waals surface area (Å²) in [4.78, 5) is 12.8. The number of carbonyl (C=O) groups is 1. The molecule has 0 aliphatic heterocycles. The van der Waals surface area contributed by atoms with Gasteiger partial charge in [0.2, 0.25) is 0 Å².